The summed E-state index contributed by atoms with van der Waals surface area (Å²) in [5.41, 5.74) is 0.551. The van der Waals surface area contributed by atoms with Gasteiger partial charge in [-0.05, 0) is 38.3 Å². The molecule has 2 fully saturated rings. The van der Waals surface area contributed by atoms with E-state index in [-0.39, 0.29) is 5.92 Å². The third kappa shape index (κ3) is 1.92. The van der Waals surface area contributed by atoms with Crippen LogP contribution in [-0.2, 0) is 0 Å². The van der Waals surface area contributed by atoms with Gasteiger partial charge >= 0.3 is 0 Å². The lowest BCUT2D eigenvalue weighted by molar-refractivity contribution is 0.261. The predicted molar refractivity (Wildman–Crippen MR) is 55.8 cm³/mol. The molecule has 2 rings (SSSR count). The number of nitriles is 1. The van der Waals surface area contributed by atoms with Crippen LogP contribution >= 0.6 is 0 Å². The highest BCUT2D eigenvalue weighted by Crippen LogP contribution is 2.36. The molecular formula is C11H19N3. The summed E-state index contributed by atoms with van der Waals surface area (Å²) in [6.07, 6.45) is 2.64. The summed E-state index contributed by atoms with van der Waals surface area (Å²) in [6.45, 7) is 7.72. The molecule has 2 aliphatic rings. The van der Waals surface area contributed by atoms with Crippen molar-refractivity contribution in [3.05, 3.63) is 0 Å². The fourth-order valence-corrected chi connectivity index (χ4v) is 2.76. The molecule has 1 N–H and O–H groups in total. The van der Waals surface area contributed by atoms with Gasteiger partial charge in [-0.25, -0.2) is 0 Å². The lowest BCUT2D eigenvalue weighted by Crippen LogP contribution is -2.31. The third-order valence-electron chi connectivity index (χ3n) is 3.60. The van der Waals surface area contributed by atoms with Crippen LogP contribution in [0.1, 0.15) is 19.8 Å². The Kier molecular flexibility index (Phi) is 2.76. The van der Waals surface area contributed by atoms with Crippen molar-refractivity contribution in [1.82, 2.24) is 10.2 Å². The molecule has 0 saturated carbocycles. The van der Waals surface area contributed by atoms with Crippen molar-refractivity contribution < 1.29 is 0 Å². The topological polar surface area (TPSA) is 39.1 Å². The van der Waals surface area contributed by atoms with Crippen molar-refractivity contribution in [1.29, 1.82) is 5.26 Å². The van der Waals surface area contributed by atoms with Crippen LogP contribution in [0.5, 0.6) is 0 Å². The van der Waals surface area contributed by atoms with Gasteiger partial charge in [0.05, 0.1) is 12.0 Å². The van der Waals surface area contributed by atoms with Crippen LogP contribution in [-0.4, -0.2) is 37.6 Å². The van der Waals surface area contributed by atoms with Crippen LogP contribution in [0.25, 0.3) is 0 Å². The molecule has 14 heavy (non-hydrogen) atoms. The number of nitrogens with zero attached hydrogens (tertiary/aromatic N) is 2. The molecule has 0 aromatic rings. The fraction of sp³-hybridized carbons (Fsp3) is 0.909. The molecule has 0 aromatic heterocycles. The first-order valence-corrected chi connectivity index (χ1v) is 5.57. The number of nitrogens with one attached hydrogen (secondary N) is 1. The van der Waals surface area contributed by atoms with Gasteiger partial charge in [-0.2, -0.15) is 5.26 Å². The molecule has 2 aliphatic heterocycles. The summed E-state index contributed by atoms with van der Waals surface area (Å²) in [5, 5.41) is 12.2. The molecule has 0 radical (unpaired) electrons. The molecule has 0 aliphatic carbocycles. The highest BCUT2D eigenvalue weighted by Gasteiger charge is 2.40. The number of hydrogen-bond donors (Lipinski definition) is 1. The molecule has 2 atom stereocenters. The molecular weight excluding hydrogens is 174 g/mol. The quantitative estimate of drug-likeness (QED) is 0.706. The molecule has 2 heterocycles. The van der Waals surface area contributed by atoms with Crippen molar-refractivity contribution in [3.63, 3.8) is 0 Å². The van der Waals surface area contributed by atoms with E-state index in [9.17, 15) is 0 Å². The van der Waals surface area contributed by atoms with E-state index in [4.69, 9.17) is 5.26 Å². The molecule has 1 spiro atoms. The second-order valence-electron chi connectivity index (χ2n) is 4.94. The Bertz CT molecular complexity index is 237. The Hall–Kier alpha value is -0.590. The fourth-order valence-electron chi connectivity index (χ4n) is 2.76. The van der Waals surface area contributed by atoms with Crippen molar-refractivity contribution >= 4 is 0 Å². The van der Waals surface area contributed by atoms with Gasteiger partial charge < -0.3 is 10.2 Å². The summed E-state index contributed by atoms with van der Waals surface area (Å²) < 4.78 is 0. The van der Waals surface area contributed by atoms with Crippen molar-refractivity contribution in [2.75, 3.05) is 32.7 Å². The van der Waals surface area contributed by atoms with Crippen LogP contribution < -0.4 is 5.32 Å². The highest BCUT2D eigenvalue weighted by molar-refractivity contribution is 4.96. The van der Waals surface area contributed by atoms with Gasteiger partial charge in [0.25, 0.3) is 0 Å². The number of likely N-dealkylation sites (tertiary alicyclic amines) is 1. The van der Waals surface area contributed by atoms with Gasteiger partial charge in [0.2, 0.25) is 0 Å². The summed E-state index contributed by atoms with van der Waals surface area (Å²) in [4.78, 5) is 2.46. The minimum atomic E-state index is 0.180. The minimum Gasteiger partial charge on any atom is -0.316 e. The third-order valence-corrected chi connectivity index (χ3v) is 3.60. The number of hydrogen-bond acceptors (Lipinski definition) is 3. The molecule has 0 bridgehead atoms. The lowest BCUT2D eigenvalue weighted by Gasteiger charge is -2.23. The first-order valence-electron chi connectivity index (χ1n) is 5.57. The van der Waals surface area contributed by atoms with E-state index in [1.165, 1.54) is 39.0 Å². The van der Waals surface area contributed by atoms with E-state index in [2.05, 4.69) is 16.3 Å². The van der Waals surface area contributed by atoms with Crippen molar-refractivity contribution in [2.45, 2.75) is 19.8 Å². The van der Waals surface area contributed by atoms with E-state index in [0.717, 1.165) is 6.54 Å². The zero-order chi connectivity index (χ0) is 10.0. The van der Waals surface area contributed by atoms with Crippen molar-refractivity contribution in [3.8, 4) is 6.07 Å². The Morgan fingerprint density at radius 1 is 1.57 bits per heavy atom. The smallest absolute Gasteiger partial charge is 0.0666 e. The second kappa shape index (κ2) is 3.88. The standard InChI is InChI=1S/C11H19N3/c1-10(6-12)7-14-5-3-11(9-14)2-4-13-8-11/h10,13H,2-5,7-9H2,1H3. The van der Waals surface area contributed by atoms with Crippen molar-refractivity contribution in [2.24, 2.45) is 11.3 Å². The van der Waals surface area contributed by atoms with E-state index in [0.29, 0.717) is 5.41 Å². The SMILES string of the molecule is CC(C#N)CN1CCC2(CCNC2)C1. The van der Waals surface area contributed by atoms with Crippen LogP contribution in [0.4, 0.5) is 0 Å². The van der Waals surface area contributed by atoms with E-state index < -0.39 is 0 Å². The zero-order valence-electron chi connectivity index (χ0n) is 8.92. The summed E-state index contributed by atoms with van der Waals surface area (Å²) in [6, 6.07) is 2.31. The summed E-state index contributed by atoms with van der Waals surface area (Å²) in [7, 11) is 0. The average Bonchev–Trinajstić information content (AvgIpc) is 2.78. The minimum absolute atomic E-state index is 0.180. The monoisotopic (exact) mass is 193 g/mol. The normalized spacial score (nSPS) is 34.9. The predicted octanol–water partition coefficient (Wildman–Crippen LogP) is 0.831. The van der Waals surface area contributed by atoms with Gasteiger partial charge in [0.15, 0.2) is 0 Å². The largest absolute Gasteiger partial charge is 0.316 e. The molecule has 3 nitrogen and oxygen atoms in total. The Morgan fingerprint density at radius 2 is 2.43 bits per heavy atom. The summed E-state index contributed by atoms with van der Waals surface area (Å²) in [5.74, 6) is 0.180. The van der Waals surface area contributed by atoms with Crippen LogP contribution in [0.2, 0.25) is 0 Å². The Labute approximate surface area is 86.1 Å². The van der Waals surface area contributed by atoms with Gasteiger partial charge in [-0.15, -0.1) is 0 Å². The van der Waals surface area contributed by atoms with E-state index in [1.54, 1.807) is 0 Å². The van der Waals surface area contributed by atoms with Crippen LogP contribution in [0.3, 0.4) is 0 Å². The van der Waals surface area contributed by atoms with Crippen LogP contribution in [0.15, 0.2) is 0 Å². The molecule has 0 aromatic carbocycles. The molecule has 0 amide bonds. The Morgan fingerprint density at radius 3 is 3.07 bits per heavy atom. The molecule has 3 heteroatoms. The maximum absolute atomic E-state index is 8.76. The lowest BCUT2D eigenvalue weighted by atomic mass is 9.86. The molecule has 2 saturated heterocycles. The Balaban J connectivity index is 1.85. The van der Waals surface area contributed by atoms with Crippen LogP contribution in [0, 0.1) is 22.7 Å². The average molecular weight is 193 g/mol. The second-order valence-corrected chi connectivity index (χ2v) is 4.94. The molecule has 2 unspecified atom stereocenters. The molecule has 78 valence electrons. The maximum atomic E-state index is 8.76. The van der Waals surface area contributed by atoms with Gasteiger partial charge in [-0.3, -0.25) is 0 Å². The highest BCUT2D eigenvalue weighted by atomic mass is 15.2. The first-order chi connectivity index (χ1) is 6.74. The number of rotatable bonds is 2. The van der Waals surface area contributed by atoms with E-state index >= 15 is 0 Å². The summed E-state index contributed by atoms with van der Waals surface area (Å²) >= 11 is 0. The maximum Gasteiger partial charge on any atom is 0.0666 e. The van der Waals surface area contributed by atoms with Gasteiger partial charge in [0.1, 0.15) is 0 Å². The van der Waals surface area contributed by atoms with Gasteiger partial charge in [-0.1, -0.05) is 0 Å². The zero-order valence-corrected chi connectivity index (χ0v) is 8.92. The van der Waals surface area contributed by atoms with Gasteiger partial charge in [0, 0.05) is 19.6 Å². The van der Waals surface area contributed by atoms with E-state index in [1.807, 2.05) is 6.92 Å². The first kappa shape index (κ1) is 9.95.